The van der Waals surface area contributed by atoms with Crippen LogP contribution in [0.2, 0.25) is 0 Å². The Bertz CT molecular complexity index is 414. The Kier molecular flexibility index (Phi) is 4.14. The van der Waals surface area contributed by atoms with E-state index in [1.807, 2.05) is 13.8 Å². The molecule has 1 fully saturated rings. The summed E-state index contributed by atoms with van der Waals surface area (Å²) in [6, 6.07) is 6.18. The number of hydrogen-bond acceptors (Lipinski definition) is 2. The highest BCUT2D eigenvalue weighted by molar-refractivity contribution is 7.80. The molecule has 1 heterocycles. The maximum Gasteiger partial charge on any atom is 0.173 e. The van der Waals surface area contributed by atoms with Gasteiger partial charge in [-0.1, -0.05) is 0 Å². The van der Waals surface area contributed by atoms with Gasteiger partial charge in [0, 0.05) is 18.8 Å². The zero-order valence-corrected chi connectivity index (χ0v) is 11.3. The first-order valence-electron chi connectivity index (χ1n) is 6.01. The van der Waals surface area contributed by atoms with Gasteiger partial charge in [-0.2, -0.15) is 0 Å². The molecule has 1 saturated heterocycles. The largest absolute Gasteiger partial charge is 0.372 e. The second kappa shape index (κ2) is 5.63. The molecule has 18 heavy (non-hydrogen) atoms. The predicted molar refractivity (Wildman–Crippen MR) is 74.2 cm³/mol. The number of benzene rings is 1. The molecular weight excluding hydrogens is 251 g/mol. The van der Waals surface area contributed by atoms with E-state index < -0.39 is 0 Å². The van der Waals surface area contributed by atoms with Crippen molar-refractivity contribution >= 4 is 23.0 Å². The van der Waals surface area contributed by atoms with Crippen LogP contribution in [0.1, 0.15) is 13.8 Å². The first-order chi connectivity index (χ1) is 8.54. The average molecular weight is 268 g/mol. The second-order valence-electron chi connectivity index (χ2n) is 4.60. The third-order valence-corrected chi connectivity index (χ3v) is 3.16. The molecule has 1 aromatic rings. The highest BCUT2D eigenvalue weighted by Crippen LogP contribution is 2.14. The number of hydrogen-bond donors (Lipinski definition) is 1. The highest BCUT2D eigenvalue weighted by Gasteiger charge is 2.23. The third-order valence-electron chi connectivity index (χ3n) is 2.80. The number of halogens is 1. The highest BCUT2D eigenvalue weighted by atomic mass is 32.1. The molecule has 1 aliphatic heterocycles. The fourth-order valence-electron chi connectivity index (χ4n) is 2.08. The van der Waals surface area contributed by atoms with Crippen molar-refractivity contribution in [1.82, 2.24) is 4.90 Å². The summed E-state index contributed by atoms with van der Waals surface area (Å²) in [5, 5.41) is 3.77. The number of ether oxygens (including phenoxy) is 1. The molecule has 0 bridgehead atoms. The molecule has 0 unspecified atom stereocenters. The van der Waals surface area contributed by atoms with Crippen LogP contribution in [-0.2, 0) is 4.74 Å². The van der Waals surface area contributed by atoms with E-state index in [-0.39, 0.29) is 18.0 Å². The van der Waals surface area contributed by atoms with Gasteiger partial charge in [-0.3, -0.25) is 0 Å². The van der Waals surface area contributed by atoms with Crippen LogP contribution in [0.4, 0.5) is 10.1 Å². The Morgan fingerprint density at radius 2 is 1.83 bits per heavy atom. The molecule has 0 aliphatic carbocycles. The van der Waals surface area contributed by atoms with E-state index in [4.69, 9.17) is 17.0 Å². The van der Waals surface area contributed by atoms with Gasteiger partial charge in [0.1, 0.15) is 5.82 Å². The standard InChI is InChI=1S/C13H17FN2OS/c1-9-7-16(8-10(2)17-9)13(18)15-12-5-3-11(14)4-6-12/h3-6,9-10H,7-8H2,1-2H3,(H,15,18)/t9-,10-/m0/s1. The summed E-state index contributed by atoms with van der Waals surface area (Å²) in [4.78, 5) is 2.08. The van der Waals surface area contributed by atoms with Gasteiger partial charge in [0.25, 0.3) is 0 Å². The van der Waals surface area contributed by atoms with Crippen molar-refractivity contribution in [2.24, 2.45) is 0 Å². The maximum atomic E-state index is 12.8. The molecule has 3 nitrogen and oxygen atoms in total. The summed E-state index contributed by atoms with van der Waals surface area (Å²) in [6.45, 7) is 5.61. The number of anilines is 1. The van der Waals surface area contributed by atoms with E-state index in [2.05, 4.69) is 10.2 Å². The summed E-state index contributed by atoms with van der Waals surface area (Å²) in [5.74, 6) is -0.250. The van der Waals surface area contributed by atoms with Gasteiger partial charge in [-0.05, 0) is 50.3 Å². The van der Waals surface area contributed by atoms with Gasteiger partial charge in [0.05, 0.1) is 12.2 Å². The molecule has 1 aromatic carbocycles. The topological polar surface area (TPSA) is 24.5 Å². The maximum absolute atomic E-state index is 12.8. The van der Waals surface area contributed by atoms with Crippen LogP contribution in [0.15, 0.2) is 24.3 Å². The van der Waals surface area contributed by atoms with E-state index >= 15 is 0 Å². The van der Waals surface area contributed by atoms with Crippen molar-refractivity contribution < 1.29 is 9.13 Å². The normalized spacial score (nSPS) is 23.8. The van der Waals surface area contributed by atoms with Gasteiger partial charge in [-0.15, -0.1) is 0 Å². The lowest BCUT2D eigenvalue weighted by molar-refractivity contribution is -0.0473. The van der Waals surface area contributed by atoms with E-state index in [1.165, 1.54) is 12.1 Å². The van der Waals surface area contributed by atoms with Crippen LogP contribution >= 0.6 is 12.2 Å². The smallest absolute Gasteiger partial charge is 0.173 e. The lowest BCUT2D eigenvalue weighted by atomic mass is 10.2. The molecule has 0 radical (unpaired) electrons. The zero-order valence-electron chi connectivity index (χ0n) is 10.5. The van der Waals surface area contributed by atoms with Crippen LogP contribution < -0.4 is 5.32 Å². The van der Waals surface area contributed by atoms with Crippen molar-refractivity contribution in [3.8, 4) is 0 Å². The van der Waals surface area contributed by atoms with E-state index in [0.717, 1.165) is 18.8 Å². The fraction of sp³-hybridized carbons (Fsp3) is 0.462. The Labute approximate surface area is 112 Å². The third kappa shape index (κ3) is 3.40. The molecule has 0 aromatic heterocycles. The number of nitrogens with one attached hydrogen (secondary N) is 1. The lowest BCUT2D eigenvalue weighted by Crippen LogP contribution is -2.49. The van der Waals surface area contributed by atoms with Crippen molar-refractivity contribution in [3.05, 3.63) is 30.1 Å². The quantitative estimate of drug-likeness (QED) is 0.791. The molecule has 0 spiro atoms. The second-order valence-corrected chi connectivity index (χ2v) is 4.99. The SMILES string of the molecule is C[C@H]1CN(C(=S)Nc2ccc(F)cc2)C[C@H](C)O1. The number of rotatable bonds is 1. The first kappa shape index (κ1) is 13.2. The summed E-state index contributed by atoms with van der Waals surface area (Å²) >= 11 is 5.36. The minimum atomic E-state index is -0.250. The van der Waals surface area contributed by atoms with Crippen LogP contribution in [0.5, 0.6) is 0 Å². The van der Waals surface area contributed by atoms with Gasteiger partial charge in [0.2, 0.25) is 0 Å². The Morgan fingerprint density at radius 1 is 1.28 bits per heavy atom. The molecule has 5 heteroatoms. The van der Waals surface area contributed by atoms with Crippen molar-refractivity contribution in [3.63, 3.8) is 0 Å². The summed E-state index contributed by atoms with van der Waals surface area (Å²) in [7, 11) is 0. The minimum absolute atomic E-state index is 0.168. The molecule has 1 aliphatic rings. The molecule has 0 saturated carbocycles. The van der Waals surface area contributed by atoms with Gasteiger partial charge < -0.3 is 15.0 Å². The summed E-state index contributed by atoms with van der Waals surface area (Å²) in [6.07, 6.45) is 0.337. The monoisotopic (exact) mass is 268 g/mol. The van der Waals surface area contributed by atoms with Crippen LogP contribution in [0, 0.1) is 5.82 Å². The number of morpholine rings is 1. The predicted octanol–water partition coefficient (Wildman–Crippen LogP) is 2.63. The Hall–Kier alpha value is -1.20. The minimum Gasteiger partial charge on any atom is -0.372 e. The van der Waals surface area contributed by atoms with E-state index in [0.29, 0.717) is 5.11 Å². The van der Waals surface area contributed by atoms with E-state index in [9.17, 15) is 4.39 Å². The molecular formula is C13H17FN2OS. The van der Waals surface area contributed by atoms with E-state index in [1.54, 1.807) is 12.1 Å². The Morgan fingerprint density at radius 3 is 2.39 bits per heavy atom. The zero-order chi connectivity index (χ0) is 13.1. The lowest BCUT2D eigenvalue weighted by Gasteiger charge is -2.36. The number of thiocarbonyl (C=S) groups is 1. The van der Waals surface area contributed by atoms with Gasteiger partial charge >= 0.3 is 0 Å². The average Bonchev–Trinajstić information content (AvgIpc) is 2.31. The molecule has 98 valence electrons. The summed E-state index contributed by atoms with van der Waals surface area (Å²) in [5.41, 5.74) is 0.799. The molecule has 1 N–H and O–H groups in total. The van der Waals surface area contributed by atoms with Crippen molar-refractivity contribution in [1.29, 1.82) is 0 Å². The molecule has 2 rings (SSSR count). The summed E-state index contributed by atoms with van der Waals surface area (Å²) < 4.78 is 18.4. The molecule has 2 atom stereocenters. The molecule has 0 amide bonds. The van der Waals surface area contributed by atoms with Crippen LogP contribution in [0.3, 0.4) is 0 Å². The number of nitrogens with zero attached hydrogens (tertiary/aromatic N) is 1. The van der Waals surface area contributed by atoms with Crippen LogP contribution in [0.25, 0.3) is 0 Å². The van der Waals surface area contributed by atoms with Crippen molar-refractivity contribution in [2.45, 2.75) is 26.1 Å². The van der Waals surface area contributed by atoms with Crippen LogP contribution in [-0.4, -0.2) is 35.3 Å². The first-order valence-corrected chi connectivity index (χ1v) is 6.42. The van der Waals surface area contributed by atoms with Gasteiger partial charge in [-0.25, -0.2) is 4.39 Å². The van der Waals surface area contributed by atoms with Crippen molar-refractivity contribution in [2.75, 3.05) is 18.4 Å². The fourth-order valence-corrected chi connectivity index (χ4v) is 2.35. The Balaban J connectivity index is 1.97. The van der Waals surface area contributed by atoms with Gasteiger partial charge in [0.15, 0.2) is 5.11 Å².